The summed E-state index contributed by atoms with van der Waals surface area (Å²) in [6.07, 6.45) is -0.235. The van der Waals surface area contributed by atoms with Gasteiger partial charge in [0.1, 0.15) is 17.2 Å². The number of fused-ring (bicyclic) bond motifs is 8. The summed E-state index contributed by atoms with van der Waals surface area (Å²) in [5, 5.41) is 2.83. The molecule has 13 rings (SSSR count). The Morgan fingerprint density at radius 1 is 0.603 bits per heavy atom. The van der Waals surface area contributed by atoms with Crippen molar-refractivity contribution in [1.82, 2.24) is 9.55 Å². The molecule has 0 radical (unpaired) electrons. The molecule has 0 amide bonds. The van der Waals surface area contributed by atoms with Crippen LogP contribution in [0.5, 0.6) is 11.5 Å². The monoisotopic (exact) mass is 1200 g/mol. The summed E-state index contributed by atoms with van der Waals surface area (Å²) in [5.74, 6) is 0.376. The molecule has 4 heterocycles. The van der Waals surface area contributed by atoms with E-state index < -0.39 is 23.4 Å². The van der Waals surface area contributed by atoms with Gasteiger partial charge in [0.2, 0.25) is 0 Å². The van der Waals surface area contributed by atoms with Crippen LogP contribution in [0, 0.1) is 35.9 Å². The van der Waals surface area contributed by atoms with E-state index in [4.69, 9.17) is 14.1 Å². The number of para-hydroxylation sites is 3. The molecule has 1 aliphatic rings. The second-order valence-electron chi connectivity index (χ2n) is 21.7. The molecule has 0 unspecified atom stereocenters. The van der Waals surface area contributed by atoms with Crippen LogP contribution in [-0.4, -0.2) is 9.55 Å². The Morgan fingerprint density at radius 3 is 1.90 bits per heavy atom. The topological polar surface area (TPSA) is 46.7 Å². The molecule has 388 valence electrons. The zero-order chi connectivity index (χ0) is 54.5. The number of nitrogens with zero attached hydrogens (tertiary/aromatic N) is 4. The summed E-state index contributed by atoms with van der Waals surface area (Å²) < 4.78 is 64.0. The SMILES string of the molecule is [2H]C([2H])(c1cc(-n2c3[c-]c(Oc4[c-]c(N5[CH-]N(c6c(-c7ccccc7)cc(C(C)(C)C)cc6-c6ccccc6)c6ccccc65)ccc4)ccc3c3c4oc5c(F)cccc5c4ccc32)ncc1-c1ccc(F)cc1)C(C)(C)C.[Pt]. The first-order valence-electron chi connectivity index (χ1n) is 26.8. The second kappa shape index (κ2) is 19.6. The molecule has 0 bridgehead atoms. The number of rotatable bonds is 9. The first kappa shape index (κ1) is 48.1. The van der Waals surface area contributed by atoms with Crippen LogP contribution < -0.4 is 14.5 Å². The van der Waals surface area contributed by atoms with Gasteiger partial charge in [-0.25, -0.2) is 13.8 Å². The number of pyridine rings is 1. The van der Waals surface area contributed by atoms with Crippen molar-refractivity contribution < 1.29 is 41.7 Å². The molecule has 0 N–H and O–H groups in total. The van der Waals surface area contributed by atoms with E-state index in [0.29, 0.717) is 61.4 Å². The Morgan fingerprint density at radius 2 is 1.22 bits per heavy atom. The van der Waals surface area contributed by atoms with Gasteiger partial charge >= 0.3 is 0 Å². The zero-order valence-corrected chi connectivity index (χ0v) is 46.0. The number of ether oxygens (including phenoxy) is 1. The van der Waals surface area contributed by atoms with Gasteiger partial charge in [0, 0.05) is 91.5 Å². The molecule has 0 saturated carbocycles. The number of hydrogen-bond donors (Lipinski definition) is 0. The number of benzene rings is 9. The van der Waals surface area contributed by atoms with Gasteiger partial charge in [-0.2, -0.15) is 12.1 Å². The quantitative estimate of drug-likeness (QED) is 0.135. The maximum absolute atomic E-state index is 15.4. The van der Waals surface area contributed by atoms with E-state index in [1.807, 2.05) is 79.9 Å². The van der Waals surface area contributed by atoms with Crippen LogP contribution in [0.3, 0.4) is 0 Å². The largest absolute Gasteiger partial charge is 0.509 e. The van der Waals surface area contributed by atoms with Gasteiger partial charge in [0.15, 0.2) is 11.4 Å². The maximum atomic E-state index is 15.4. The minimum Gasteiger partial charge on any atom is -0.509 e. The summed E-state index contributed by atoms with van der Waals surface area (Å²) in [6.45, 7) is 14.5. The molecule has 0 spiro atoms. The average Bonchev–Trinajstić information content (AvgIpc) is 4.15. The number of halogens is 2. The van der Waals surface area contributed by atoms with E-state index in [-0.39, 0.29) is 32.1 Å². The Balaban J connectivity index is 0.00000637. The first-order valence-corrected chi connectivity index (χ1v) is 25.8. The summed E-state index contributed by atoms with van der Waals surface area (Å²) in [7, 11) is 0. The first-order chi connectivity index (χ1) is 38.0. The molecular weight excluding hydrogens is 1150 g/mol. The van der Waals surface area contributed by atoms with Crippen LogP contribution in [0.1, 0.15) is 55.4 Å². The molecule has 0 aliphatic carbocycles. The molecule has 78 heavy (non-hydrogen) atoms. The Hall–Kier alpha value is -8.32. The number of anilines is 4. The molecule has 3 aromatic heterocycles. The molecule has 0 atom stereocenters. The third kappa shape index (κ3) is 9.02. The predicted molar refractivity (Wildman–Crippen MR) is 310 cm³/mol. The van der Waals surface area contributed by atoms with Crippen molar-refractivity contribution in [3.05, 3.63) is 236 Å². The Bertz CT molecular complexity index is 4300. The molecule has 12 aromatic rings. The molecule has 1 aliphatic heterocycles. The number of hydrogen-bond acceptors (Lipinski definition) is 5. The zero-order valence-electron chi connectivity index (χ0n) is 45.7. The summed E-state index contributed by atoms with van der Waals surface area (Å²) in [4.78, 5) is 9.46. The standard InChI is InChI=1S/C69H53F2N4O2.Pt/c1-68(2,3)40-46-35-63(72-41-57(46)45-27-29-48(70)30-28-45)75-61-34-33-53-52-23-16-24-58(71)66(52)77-67(53)64(61)54-32-31-51(39-62(54)75)76-50-22-15-21-49(38-50)73-42-74(60-26-14-13-25-59(60)73)65-55(43-17-9-7-10-18-43)36-47(69(4,5)6)37-56(65)44-19-11-8-12-20-44;/h7-37,41-42H,40H2,1-6H3;/q-3;/i40D2;. The van der Waals surface area contributed by atoms with Gasteiger partial charge < -0.3 is 23.5 Å². The minimum atomic E-state index is -1.88. The molecule has 6 nitrogen and oxygen atoms in total. The van der Waals surface area contributed by atoms with Crippen LogP contribution in [0.25, 0.3) is 82.9 Å². The predicted octanol–water partition coefficient (Wildman–Crippen LogP) is 19.0. The third-order valence-corrected chi connectivity index (χ3v) is 14.3. The van der Waals surface area contributed by atoms with Crippen LogP contribution in [-0.2, 0) is 32.9 Å². The van der Waals surface area contributed by atoms with Crippen LogP contribution >= 0.6 is 0 Å². The van der Waals surface area contributed by atoms with Crippen molar-refractivity contribution in [3.63, 3.8) is 0 Å². The summed E-state index contributed by atoms with van der Waals surface area (Å²) >= 11 is 0. The Kier molecular flexibility index (Phi) is 12.1. The second-order valence-corrected chi connectivity index (χ2v) is 21.7. The maximum Gasteiger partial charge on any atom is 0.171 e. The fourth-order valence-corrected chi connectivity index (χ4v) is 10.7. The van der Waals surface area contributed by atoms with Gasteiger partial charge in [-0.05, 0) is 111 Å². The average molecular weight is 1210 g/mol. The molecule has 9 aromatic carbocycles. The van der Waals surface area contributed by atoms with Gasteiger partial charge in [0.25, 0.3) is 0 Å². The minimum absolute atomic E-state index is 0. The number of aromatic nitrogens is 2. The normalized spacial score (nSPS) is 13.3. The van der Waals surface area contributed by atoms with Crippen LogP contribution in [0.15, 0.2) is 199 Å². The van der Waals surface area contributed by atoms with Crippen molar-refractivity contribution in [2.45, 2.75) is 53.3 Å². The molecular formula is C69H53F2N4O2Pt-3. The van der Waals surface area contributed by atoms with E-state index in [9.17, 15) is 7.13 Å². The van der Waals surface area contributed by atoms with Gasteiger partial charge in [0.05, 0.1) is 0 Å². The Labute approximate surface area is 470 Å². The van der Waals surface area contributed by atoms with Crippen molar-refractivity contribution in [3.8, 4) is 50.7 Å². The molecule has 0 fully saturated rings. The fourth-order valence-electron chi connectivity index (χ4n) is 10.7. The van der Waals surface area contributed by atoms with E-state index in [2.05, 4.69) is 140 Å². The van der Waals surface area contributed by atoms with E-state index >= 15 is 4.39 Å². The molecule has 9 heteroatoms. The van der Waals surface area contributed by atoms with Gasteiger partial charge in [-0.15, -0.1) is 42.7 Å². The van der Waals surface area contributed by atoms with Crippen molar-refractivity contribution in [1.29, 1.82) is 0 Å². The van der Waals surface area contributed by atoms with Crippen LogP contribution in [0.2, 0.25) is 0 Å². The smallest absolute Gasteiger partial charge is 0.171 e. The van der Waals surface area contributed by atoms with Crippen molar-refractivity contribution >= 4 is 66.5 Å². The van der Waals surface area contributed by atoms with Crippen LogP contribution in [0.4, 0.5) is 31.5 Å². The number of furan rings is 1. The fraction of sp³-hybridized carbons (Fsp3) is 0.130. The van der Waals surface area contributed by atoms with Gasteiger partial charge in [-0.1, -0.05) is 150 Å². The van der Waals surface area contributed by atoms with E-state index in [1.54, 1.807) is 30.5 Å². The van der Waals surface area contributed by atoms with E-state index in [1.165, 1.54) is 23.8 Å². The molecule has 0 saturated heterocycles. The van der Waals surface area contributed by atoms with Crippen molar-refractivity contribution in [2.75, 3.05) is 9.80 Å². The summed E-state index contributed by atoms with van der Waals surface area (Å²) in [5.41, 5.74) is 11.9. The van der Waals surface area contributed by atoms with E-state index in [0.717, 1.165) is 55.8 Å². The summed E-state index contributed by atoms with van der Waals surface area (Å²) in [6, 6.07) is 67.6. The third-order valence-electron chi connectivity index (χ3n) is 14.3. The van der Waals surface area contributed by atoms with Gasteiger partial charge in [-0.3, -0.25) is 0 Å². The van der Waals surface area contributed by atoms with Crippen molar-refractivity contribution in [2.24, 2.45) is 5.41 Å².